The first-order valence-corrected chi connectivity index (χ1v) is 7.37. The number of aromatic nitrogens is 4. The fourth-order valence-corrected chi connectivity index (χ4v) is 2.43. The van der Waals surface area contributed by atoms with Crippen LogP contribution in [0.4, 0.5) is 0 Å². The molecule has 22 heavy (non-hydrogen) atoms. The molecule has 0 unspecified atom stereocenters. The normalized spacial score (nSPS) is 11.2. The van der Waals surface area contributed by atoms with E-state index in [9.17, 15) is 4.79 Å². The largest absolute Gasteiger partial charge is 0.335 e. The lowest BCUT2D eigenvalue weighted by Crippen LogP contribution is -2.37. The minimum Gasteiger partial charge on any atom is -0.335 e. The van der Waals surface area contributed by atoms with E-state index in [1.54, 1.807) is 6.92 Å². The second-order valence-electron chi connectivity index (χ2n) is 5.86. The minimum atomic E-state index is 0.0106. The van der Waals surface area contributed by atoms with E-state index < -0.39 is 0 Å². The van der Waals surface area contributed by atoms with E-state index >= 15 is 0 Å². The average Bonchev–Trinajstić information content (AvgIpc) is 2.93. The molecule has 0 fully saturated rings. The van der Waals surface area contributed by atoms with Gasteiger partial charge in [-0.15, -0.1) is 0 Å². The van der Waals surface area contributed by atoms with Crippen molar-refractivity contribution in [2.24, 2.45) is 7.05 Å². The molecule has 0 aromatic carbocycles. The molecule has 0 aliphatic rings. The molecule has 2 aromatic heterocycles. The summed E-state index contributed by atoms with van der Waals surface area (Å²) in [6.45, 7) is 10.3. The third-order valence-corrected chi connectivity index (χ3v) is 4.00. The van der Waals surface area contributed by atoms with Crippen molar-refractivity contribution in [3.8, 4) is 0 Å². The Balaban J connectivity index is 2.19. The number of carbonyl (C=O) groups excluding carboxylic acids is 1. The van der Waals surface area contributed by atoms with Gasteiger partial charge in [0.15, 0.2) is 0 Å². The Labute approximate surface area is 130 Å². The number of carbonyl (C=O) groups is 1. The third-order valence-electron chi connectivity index (χ3n) is 4.00. The first-order chi connectivity index (χ1) is 10.3. The summed E-state index contributed by atoms with van der Waals surface area (Å²) in [5, 5.41) is 11.9. The van der Waals surface area contributed by atoms with E-state index in [0.717, 1.165) is 17.0 Å². The van der Waals surface area contributed by atoms with Crippen LogP contribution >= 0.6 is 0 Å². The van der Waals surface area contributed by atoms with Gasteiger partial charge in [0, 0.05) is 30.9 Å². The zero-order valence-electron chi connectivity index (χ0n) is 14.0. The summed E-state index contributed by atoms with van der Waals surface area (Å²) in [6.07, 6.45) is 0.200. The molecule has 0 aliphatic carbocycles. The zero-order valence-corrected chi connectivity index (χ0v) is 14.0. The molecule has 0 spiro atoms. The highest BCUT2D eigenvalue weighted by Crippen LogP contribution is 2.17. The lowest BCUT2D eigenvalue weighted by atomic mass is 10.1. The predicted molar refractivity (Wildman–Crippen MR) is 81.1 cm³/mol. The van der Waals surface area contributed by atoms with Gasteiger partial charge in [0.05, 0.1) is 12.1 Å². The average molecular weight is 305 g/mol. The van der Waals surface area contributed by atoms with Gasteiger partial charge in [0.1, 0.15) is 11.4 Å². The second-order valence-corrected chi connectivity index (χ2v) is 5.86. The van der Waals surface area contributed by atoms with Gasteiger partial charge >= 0.3 is 0 Å². The SMILES string of the molecule is Cc1nonc1CC(=O)N(Cc1c(C)nn(C)c1C)C(C)C. The lowest BCUT2D eigenvalue weighted by Gasteiger charge is -2.27. The Kier molecular flexibility index (Phi) is 4.63. The molecule has 2 aromatic rings. The molecule has 7 nitrogen and oxygen atoms in total. The van der Waals surface area contributed by atoms with E-state index in [1.165, 1.54) is 0 Å². The zero-order chi connectivity index (χ0) is 16.4. The van der Waals surface area contributed by atoms with Gasteiger partial charge in [0.2, 0.25) is 5.91 Å². The fraction of sp³-hybridized carbons (Fsp3) is 0.600. The van der Waals surface area contributed by atoms with E-state index in [2.05, 4.69) is 20.0 Å². The van der Waals surface area contributed by atoms with Crippen LogP contribution in [0.2, 0.25) is 0 Å². The molecule has 0 N–H and O–H groups in total. The summed E-state index contributed by atoms with van der Waals surface area (Å²) in [4.78, 5) is 14.5. The minimum absolute atomic E-state index is 0.0106. The Hall–Kier alpha value is -2.18. The van der Waals surface area contributed by atoms with Gasteiger partial charge in [-0.3, -0.25) is 9.48 Å². The van der Waals surface area contributed by atoms with E-state index in [4.69, 9.17) is 0 Å². The highest BCUT2D eigenvalue weighted by Gasteiger charge is 2.23. The van der Waals surface area contributed by atoms with E-state index in [-0.39, 0.29) is 18.4 Å². The van der Waals surface area contributed by atoms with Crippen molar-refractivity contribution >= 4 is 5.91 Å². The maximum Gasteiger partial charge on any atom is 0.229 e. The Morgan fingerprint density at radius 2 is 1.91 bits per heavy atom. The molecule has 0 atom stereocenters. The molecule has 7 heteroatoms. The predicted octanol–water partition coefficient (Wildman–Crippen LogP) is 1.71. The molecule has 0 aliphatic heterocycles. The van der Waals surface area contributed by atoms with Gasteiger partial charge in [-0.2, -0.15) is 5.10 Å². The first kappa shape index (κ1) is 16.2. The van der Waals surface area contributed by atoms with Crippen LogP contribution in [0.1, 0.15) is 42.2 Å². The maximum absolute atomic E-state index is 12.6. The lowest BCUT2D eigenvalue weighted by molar-refractivity contribution is -0.132. The van der Waals surface area contributed by atoms with Gasteiger partial charge < -0.3 is 4.90 Å². The van der Waals surface area contributed by atoms with Crippen molar-refractivity contribution in [1.29, 1.82) is 0 Å². The van der Waals surface area contributed by atoms with Crippen LogP contribution in [0, 0.1) is 20.8 Å². The van der Waals surface area contributed by atoms with Crippen molar-refractivity contribution in [2.45, 2.75) is 53.6 Å². The molecule has 2 heterocycles. The van der Waals surface area contributed by atoms with Crippen molar-refractivity contribution in [2.75, 3.05) is 0 Å². The van der Waals surface area contributed by atoms with Crippen molar-refractivity contribution in [3.05, 3.63) is 28.3 Å². The van der Waals surface area contributed by atoms with Crippen LogP contribution in [-0.2, 0) is 24.8 Å². The number of amides is 1. The summed E-state index contributed by atoms with van der Waals surface area (Å²) in [5.41, 5.74) is 4.38. The summed E-state index contributed by atoms with van der Waals surface area (Å²) in [6, 6.07) is 0.0895. The van der Waals surface area contributed by atoms with Crippen LogP contribution in [0.5, 0.6) is 0 Å². The summed E-state index contributed by atoms with van der Waals surface area (Å²) in [7, 11) is 1.91. The first-order valence-electron chi connectivity index (χ1n) is 7.37. The van der Waals surface area contributed by atoms with Crippen molar-refractivity contribution in [3.63, 3.8) is 0 Å². The highest BCUT2D eigenvalue weighted by atomic mass is 16.6. The molecule has 0 radical (unpaired) electrons. The monoisotopic (exact) mass is 305 g/mol. The van der Waals surface area contributed by atoms with Crippen LogP contribution in [0.25, 0.3) is 0 Å². The van der Waals surface area contributed by atoms with E-state index in [0.29, 0.717) is 17.9 Å². The maximum atomic E-state index is 12.6. The standard InChI is InChI=1S/C15H23N5O2/c1-9(2)20(8-13-10(3)16-19(6)12(13)5)15(21)7-14-11(4)17-22-18-14/h9H,7-8H2,1-6H3. The number of hydrogen-bond donors (Lipinski definition) is 0. The molecule has 2 rings (SSSR count). The molecule has 1 amide bonds. The van der Waals surface area contributed by atoms with Gasteiger partial charge in [-0.25, -0.2) is 4.63 Å². The van der Waals surface area contributed by atoms with Gasteiger partial charge in [-0.1, -0.05) is 10.3 Å². The summed E-state index contributed by atoms with van der Waals surface area (Å²) >= 11 is 0. The van der Waals surface area contributed by atoms with Crippen molar-refractivity contribution < 1.29 is 9.42 Å². The molecular formula is C15H23N5O2. The van der Waals surface area contributed by atoms with Crippen LogP contribution in [-0.4, -0.2) is 36.9 Å². The number of rotatable bonds is 5. The smallest absolute Gasteiger partial charge is 0.229 e. The molecule has 0 saturated carbocycles. The van der Waals surface area contributed by atoms with Crippen LogP contribution in [0.3, 0.4) is 0 Å². The number of aryl methyl sites for hydroxylation is 3. The summed E-state index contributed by atoms with van der Waals surface area (Å²) < 4.78 is 6.51. The Morgan fingerprint density at radius 3 is 2.36 bits per heavy atom. The molecular weight excluding hydrogens is 282 g/mol. The Morgan fingerprint density at radius 1 is 1.23 bits per heavy atom. The molecule has 0 bridgehead atoms. The highest BCUT2D eigenvalue weighted by molar-refractivity contribution is 5.78. The Bertz CT molecular complexity index is 672. The number of hydrogen-bond acceptors (Lipinski definition) is 5. The molecule has 120 valence electrons. The van der Waals surface area contributed by atoms with Crippen LogP contribution in [0.15, 0.2) is 4.63 Å². The molecule has 0 saturated heterocycles. The van der Waals surface area contributed by atoms with Crippen molar-refractivity contribution in [1.82, 2.24) is 25.0 Å². The number of nitrogens with zero attached hydrogens (tertiary/aromatic N) is 5. The van der Waals surface area contributed by atoms with E-state index in [1.807, 2.05) is 44.3 Å². The van der Waals surface area contributed by atoms with Gasteiger partial charge in [0.25, 0.3) is 0 Å². The van der Waals surface area contributed by atoms with Crippen LogP contribution < -0.4 is 0 Å². The fourth-order valence-electron chi connectivity index (χ4n) is 2.43. The topological polar surface area (TPSA) is 77.1 Å². The second kappa shape index (κ2) is 6.29. The summed E-state index contributed by atoms with van der Waals surface area (Å²) in [5.74, 6) is 0.0106. The third kappa shape index (κ3) is 3.18. The van der Waals surface area contributed by atoms with Gasteiger partial charge in [-0.05, 0) is 34.6 Å². The quantitative estimate of drug-likeness (QED) is 0.840.